The predicted octanol–water partition coefficient (Wildman–Crippen LogP) is 5.99. The topological polar surface area (TPSA) is 111 Å². The Balaban J connectivity index is 1.30. The number of ether oxygens (including phenoxy) is 3. The van der Waals surface area contributed by atoms with Gasteiger partial charge in [-0.25, -0.2) is 9.59 Å². The minimum atomic E-state index is -0.663. The van der Waals surface area contributed by atoms with Crippen molar-refractivity contribution in [3.05, 3.63) is 0 Å². The summed E-state index contributed by atoms with van der Waals surface area (Å²) in [5.41, 5.74) is 5.58. The van der Waals surface area contributed by atoms with Crippen molar-refractivity contribution in [1.82, 2.24) is 4.90 Å². The lowest BCUT2D eigenvalue weighted by Gasteiger charge is -2.63. The van der Waals surface area contributed by atoms with Gasteiger partial charge in [-0.05, 0) is 97.2 Å². The van der Waals surface area contributed by atoms with Crippen LogP contribution in [-0.4, -0.2) is 66.8 Å². The molecule has 4 unspecified atom stereocenters. The van der Waals surface area contributed by atoms with E-state index in [0.29, 0.717) is 17.8 Å². The number of aliphatic hydroxyl groups is 1. The van der Waals surface area contributed by atoms with Gasteiger partial charge in [-0.3, -0.25) is 0 Å². The number of nitrogens with two attached hydrogens (primary N) is 1. The molecule has 0 bridgehead atoms. The lowest BCUT2D eigenvalue weighted by atomic mass is 9.41. The molecule has 2 spiro atoms. The number of rotatable bonds is 4. The fraction of sp³-hybridized carbons (Fsp3) is 0.941. The number of primary amides is 1. The zero-order valence-corrected chi connectivity index (χ0v) is 27.4. The van der Waals surface area contributed by atoms with Crippen LogP contribution in [0.2, 0.25) is 0 Å². The Kier molecular flexibility index (Phi) is 6.88. The third kappa shape index (κ3) is 3.72. The van der Waals surface area contributed by atoms with Crippen LogP contribution in [-0.2, 0) is 14.2 Å². The quantitative estimate of drug-likeness (QED) is 0.418. The van der Waals surface area contributed by atoms with Gasteiger partial charge in [-0.2, -0.15) is 0 Å². The number of carbonyl (C=O) groups is 2. The Bertz CT molecular complexity index is 1130. The third-order valence-corrected chi connectivity index (χ3v) is 14.6. The maximum Gasteiger partial charge on any atom is 0.409 e. The highest BCUT2D eigenvalue weighted by Gasteiger charge is 2.84. The summed E-state index contributed by atoms with van der Waals surface area (Å²) in [7, 11) is 3.42. The van der Waals surface area contributed by atoms with Gasteiger partial charge < -0.3 is 30.0 Å². The molecule has 8 heteroatoms. The Hall–Kier alpha value is -1.54. The van der Waals surface area contributed by atoms with Crippen LogP contribution in [0.5, 0.6) is 0 Å². The molecule has 238 valence electrons. The highest BCUT2D eigenvalue weighted by atomic mass is 16.6. The third-order valence-electron chi connectivity index (χ3n) is 14.6. The van der Waals surface area contributed by atoms with Crippen LogP contribution in [0.15, 0.2) is 0 Å². The SMILES string of the molecule is CC(C)[C@@H](OC(=O)N(C)C)C1C[C@@H](C)[C@H]2C(O1)[C@H](O)[C@@]1(C)C3CC[C@H]4C(C)(C)C(OC(N)=O)CC[C@@]45C[C@@]35CC[C@]21C. The molecule has 5 saturated carbocycles. The van der Waals surface area contributed by atoms with E-state index >= 15 is 0 Å². The molecule has 1 saturated heterocycles. The van der Waals surface area contributed by atoms with Crippen molar-refractivity contribution >= 4 is 12.2 Å². The molecule has 6 aliphatic rings. The first-order chi connectivity index (χ1) is 19.5. The molecular weight excluding hydrogens is 532 g/mol. The molecule has 6 rings (SSSR count). The van der Waals surface area contributed by atoms with Crippen molar-refractivity contribution in [2.45, 2.75) is 130 Å². The normalized spacial score (nSPS) is 50.7. The number of aliphatic hydroxyl groups excluding tert-OH is 1. The average molecular weight is 589 g/mol. The molecule has 1 aliphatic heterocycles. The van der Waals surface area contributed by atoms with E-state index < -0.39 is 12.2 Å². The molecule has 5 aliphatic carbocycles. The van der Waals surface area contributed by atoms with Crippen LogP contribution in [0, 0.1) is 56.7 Å². The molecule has 0 radical (unpaired) electrons. The monoisotopic (exact) mass is 588 g/mol. The maximum atomic E-state index is 12.6. The first kappa shape index (κ1) is 30.5. The van der Waals surface area contributed by atoms with Crippen LogP contribution >= 0.6 is 0 Å². The highest BCUT2D eigenvalue weighted by molar-refractivity contribution is 5.67. The van der Waals surface area contributed by atoms with Crippen molar-refractivity contribution in [3.8, 4) is 0 Å². The van der Waals surface area contributed by atoms with Crippen molar-refractivity contribution < 1.29 is 28.9 Å². The fourth-order valence-corrected chi connectivity index (χ4v) is 12.7. The molecule has 6 fully saturated rings. The van der Waals surface area contributed by atoms with E-state index in [0.717, 1.165) is 38.5 Å². The second kappa shape index (κ2) is 9.48. The molecule has 0 aromatic carbocycles. The van der Waals surface area contributed by atoms with Gasteiger partial charge in [-0.1, -0.05) is 48.5 Å². The molecule has 8 nitrogen and oxygen atoms in total. The second-order valence-corrected chi connectivity index (χ2v) is 17.0. The summed E-state index contributed by atoms with van der Waals surface area (Å²) in [5, 5.41) is 12.5. The van der Waals surface area contributed by atoms with Crippen molar-refractivity contribution in [1.29, 1.82) is 0 Å². The van der Waals surface area contributed by atoms with E-state index in [4.69, 9.17) is 19.9 Å². The predicted molar refractivity (Wildman–Crippen MR) is 159 cm³/mol. The van der Waals surface area contributed by atoms with Crippen LogP contribution in [0.3, 0.4) is 0 Å². The minimum Gasteiger partial charge on any atom is -0.446 e. The summed E-state index contributed by atoms with van der Waals surface area (Å²) in [6.07, 6.45) is 5.97. The molecule has 3 N–H and O–H groups in total. The van der Waals surface area contributed by atoms with Crippen molar-refractivity contribution in [2.75, 3.05) is 14.1 Å². The van der Waals surface area contributed by atoms with Gasteiger partial charge in [0.1, 0.15) is 12.2 Å². The van der Waals surface area contributed by atoms with Crippen LogP contribution in [0.4, 0.5) is 9.59 Å². The number of hydrogen-bond acceptors (Lipinski definition) is 6. The van der Waals surface area contributed by atoms with E-state index in [-0.39, 0.29) is 69.4 Å². The van der Waals surface area contributed by atoms with E-state index in [1.807, 2.05) is 0 Å². The van der Waals surface area contributed by atoms with Crippen LogP contribution in [0.1, 0.15) is 99.8 Å². The smallest absolute Gasteiger partial charge is 0.409 e. The first-order valence-electron chi connectivity index (χ1n) is 16.7. The summed E-state index contributed by atoms with van der Waals surface area (Å²) in [6, 6.07) is 0. The number of nitrogens with zero attached hydrogens (tertiary/aromatic N) is 1. The molecule has 13 atom stereocenters. The van der Waals surface area contributed by atoms with Crippen molar-refractivity contribution in [2.24, 2.45) is 62.4 Å². The summed E-state index contributed by atoms with van der Waals surface area (Å²) in [6.45, 7) is 15.9. The lowest BCUT2D eigenvalue weighted by Crippen LogP contribution is -2.60. The van der Waals surface area contributed by atoms with E-state index in [9.17, 15) is 14.7 Å². The summed E-state index contributed by atoms with van der Waals surface area (Å²) in [5.74, 6) is 1.66. The summed E-state index contributed by atoms with van der Waals surface area (Å²) < 4.78 is 18.6. The Morgan fingerprint density at radius 3 is 2.26 bits per heavy atom. The Labute approximate surface area is 252 Å². The van der Waals surface area contributed by atoms with Crippen LogP contribution < -0.4 is 5.73 Å². The van der Waals surface area contributed by atoms with Gasteiger partial charge in [0.25, 0.3) is 0 Å². The summed E-state index contributed by atoms with van der Waals surface area (Å²) in [4.78, 5) is 25.8. The second-order valence-electron chi connectivity index (χ2n) is 17.0. The van der Waals surface area contributed by atoms with E-state index in [2.05, 4.69) is 48.5 Å². The number of fused-ring (bicyclic) bond motifs is 4. The van der Waals surface area contributed by atoms with Gasteiger partial charge in [-0.15, -0.1) is 0 Å². The number of hydrogen-bond donors (Lipinski definition) is 2. The lowest BCUT2D eigenvalue weighted by molar-refractivity contribution is -0.184. The number of amides is 2. The molecule has 1 heterocycles. The zero-order valence-electron chi connectivity index (χ0n) is 27.4. The highest BCUT2D eigenvalue weighted by Crippen LogP contribution is 2.89. The standard InChI is InChI=1S/C34H56N2O6/c1-18(2)25(42-29(39)36(8)9)20-16-19(3)24-26(40-20)27(37)32(7)22-11-10-21-30(4,5)23(41-28(35)38)12-13-33(21)17-34(22,33)15-14-31(24,32)6/h18-27,37H,10-17H2,1-9H3,(H2,35,38)/t19-,20?,21+,22?,23?,24+,25-,26?,27+,31-,32-,33-,34+/m1/s1. The van der Waals surface area contributed by atoms with Gasteiger partial charge in [0.05, 0.1) is 18.3 Å². The molecule has 0 aromatic rings. The van der Waals surface area contributed by atoms with Gasteiger partial charge in [0.2, 0.25) is 0 Å². The minimum absolute atomic E-state index is 0.0244. The molecule has 42 heavy (non-hydrogen) atoms. The molecular formula is C34H56N2O6. The summed E-state index contributed by atoms with van der Waals surface area (Å²) >= 11 is 0. The largest absolute Gasteiger partial charge is 0.446 e. The maximum absolute atomic E-state index is 12.6. The van der Waals surface area contributed by atoms with Gasteiger partial charge in [0, 0.05) is 24.9 Å². The van der Waals surface area contributed by atoms with E-state index in [1.54, 1.807) is 14.1 Å². The fourth-order valence-electron chi connectivity index (χ4n) is 12.7. The molecule has 0 aromatic heterocycles. The van der Waals surface area contributed by atoms with Crippen LogP contribution in [0.25, 0.3) is 0 Å². The first-order valence-corrected chi connectivity index (χ1v) is 16.7. The van der Waals surface area contributed by atoms with Crippen molar-refractivity contribution in [3.63, 3.8) is 0 Å². The number of carbonyl (C=O) groups excluding carboxylic acids is 2. The Morgan fingerprint density at radius 1 is 1.00 bits per heavy atom. The van der Waals surface area contributed by atoms with Gasteiger partial charge >= 0.3 is 12.2 Å². The molecule has 2 amide bonds. The van der Waals surface area contributed by atoms with E-state index in [1.165, 1.54) is 17.7 Å². The zero-order chi connectivity index (χ0) is 30.8. The van der Waals surface area contributed by atoms with Gasteiger partial charge in [0.15, 0.2) is 0 Å². The Morgan fingerprint density at radius 2 is 1.64 bits per heavy atom. The average Bonchev–Trinajstić information content (AvgIpc) is 3.53.